The fraction of sp³-hybridized carbons (Fsp3) is 0.300. The number of carbonyl (C=O) groups excluding carboxylic acids is 2. The van der Waals surface area contributed by atoms with E-state index in [2.05, 4.69) is 26.6 Å². The number of halogens is 1. The second-order valence-corrected chi connectivity index (χ2v) is 7.25. The van der Waals surface area contributed by atoms with Crippen LogP contribution >= 0.6 is 15.9 Å². The van der Waals surface area contributed by atoms with E-state index in [1.807, 2.05) is 55.5 Å². The van der Waals surface area contributed by atoms with Gasteiger partial charge in [-0.2, -0.15) is 0 Å². The number of nitrogens with zero attached hydrogens (tertiary/aromatic N) is 1. The largest absolute Gasteiger partial charge is 0.378 e. The molecular weight excluding hydrogens is 410 g/mol. The van der Waals surface area contributed by atoms with Gasteiger partial charge in [-0.3, -0.25) is 4.79 Å². The van der Waals surface area contributed by atoms with Gasteiger partial charge in [-0.15, -0.1) is 0 Å². The maximum atomic E-state index is 13.0. The topological polar surface area (TPSA) is 70.7 Å². The Hall–Kier alpha value is -2.38. The van der Waals surface area contributed by atoms with E-state index in [1.165, 1.54) is 0 Å². The van der Waals surface area contributed by atoms with E-state index < -0.39 is 12.1 Å². The summed E-state index contributed by atoms with van der Waals surface area (Å²) in [6, 6.07) is 13.7. The van der Waals surface area contributed by atoms with Gasteiger partial charge in [0.1, 0.15) is 6.04 Å². The van der Waals surface area contributed by atoms with E-state index in [-0.39, 0.29) is 5.91 Å². The van der Waals surface area contributed by atoms with Gasteiger partial charge in [0.25, 0.3) is 0 Å². The standard InChI is InChI=1S/C20H22BrN3O3/c1-14-7-8-16(21)13-17(14)22-20(26)23-18(15-5-3-2-4-6-15)19(25)24-9-11-27-12-10-24/h2-8,13,18H,9-12H2,1H3,(H2,22,23,26). The molecule has 1 aliphatic rings. The molecule has 0 bridgehead atoms. The predicted octanol–water partition coefficient (Wildman–Crippen LogP) is 3.48. The van der Waals surface area contributed by atoms with Crippen molar-refractivity contribution in [3.8, 4) is 0 Å². The summed E-state index contributed by atoms with van der Waals surface area (Å²) in [5.74, 6) is -0.134. The predicted molar refractivity (Wildman–Crippen MR) is 108 cm³/mol. The zero-order valence-corrected chi connectivity index (χ0v) is 16.7. The molecule has 1 fully saturated rings. The normalized spacial score (nSPS) is 15.1. The number of rotatable bonds is 4. The van der Waals surface area contributed by atoms with Crippen LogP contribution in [0.1, 0.15) is 17.2 Å². The third-order valence-corrected chi connectivity index (χ3v) is 4.92. The summed E-state index contributed by atoms with van der Waals surface area (Å²) in [6.07, 6.45) is 0. The molecule has 1 saturated heterocycles. The molecule has 1 atom stereocenters. The third-order valence-electron chi connectivity index (χ3n) is 4.43. The average Bonchev–Trinajstić information content (AvgIpc) is 2.70. The molecule has 6 nitrogen and oxygen atoms in total. The summed E-state index contributed by atoms with van der Waals surface area (Å²) in [7, 11) is 0. The van der Waals surface area contributed by atoms with E-state index in [9.17, 15) is 9.59 Å². The average molecular weight is 432 g/mol. The lowest BCUT2D eigenvalue weighted by Crippen LogP contribution is -2.48. The van der Waals surface area contributed by atoms with Gasteiger partial charge in [0, 0.05) is 23.2 Å². The number of ether oxygens (including phenoxy) is 1. The molecule has 142 valence electrons. The number of hydrogen-bond acceptors (Lipinski definition) is 3. The summed E-state index contributed by atoms with van der Waals surface area (Å²) < 4.78 is 6.19. The van der Waals surface area contributed by atoms with E-state index in [4.69, 9.17) is 4.74 Å². The fourth-order valence-electron chi connectivity index (χ4n) is 2.92. The summed E-state index contributed by atoms with van der Waals surface area (Å²) in [4.78, 5) is 27.4. The van der Waals surface area contributed by atoms with Crippen LogP contribution in [0.2, 0.25) is 0 Å². The Morgan fingerprint density at radius 3 is 2.52 bits per heavy atom. The Labute approximate surface area is 167 Å². The molecule has 27 heavy (non-hydrogen) atoms. The first-order valence-electron chi connectivity index (χ1n) is 8.80. The van der Waals surface area contributed by atoms with Crippen molar-refractivity contribution in [3.05, 3.63) is 64.1 Å². The minimum absolute atomic E-state index is 0.134. The second-order valence-electron chi connectivity index (χ2n) is 6.34. The SMILES string of the molecule is Cc1ccc(Br)cc1NC(=O)NC(C(=O)N1CCOCC1)c1ccccc1. The highest BCUT2D eigenvalue weighted by Crippen LogP contribution is 2.21. The van der Waals surface area contributed by atoms with Crippen LogP contribution in [-0.4, -0.2) is 43.1 Å². The molecule has 0 spiro atoms. The highest BCUT2D eigenvalue weighted by Gasteiger charge is 2.28. The molecule has 1 heterocycles. The van der Waals surface area contributed by atoms with Crippen molar-refractivity contribution < 1.29 is 14.3 Å². The first kappa shape index (κ1) is 19.4. The summed E-state index contributed by atoms with van der Waals surface area (Å²) >= 11 is 3.40. The molecule has 0 radical (unpaired) electrons. The molecule has 7 heteroatoms. The van der Waals surface area contributed by atoms with Gasteiger partial charge in [-0.1, -0.05) is 52.3 Å². The molecule has 2 N–H and O–H groups in total. The van der Waals surface area contributed by atoms with Crippen LogP contribution in [0, 0.1) is 6.92 Å². The molecule has 1 aliphatic heterocycles. The molecule has 0 aliphatic carbocycles. The van der Waals surface area contributed by atoms with Crippen molar-refractivity contribution >= 4 is 33.6 Å². The Kier molecular flexibility index (Phi) is 6.47. The van der Waals surface area contributed by atoms with Crippen LogP contribution < -0.4 is 10.6 Å². The number of amides is 3. The van der Waals surface area contributed by atoms with Crippen molar-refractivity contribution in [2.45, 2.75) is 13.0 Å². The zero-order chi connectivity index (χ0) is 19.2. The number of hydrogen-bond donors (Lipinski definition) is 2. The lowest BCUT2D eigenvalue weighted by molar-refractivity contribution is -0.137. The smallest absolute Gasteiger partial charge is 0.320 e. The van der Waals surface area contributed by atoms with Crippen LogP contribution in [0.25, 0.3) is 0 Å². The van der Waals surface area contributed by atoms with Crippen LogP contribution in [0.4, 0.5) is 10.5 Å². The maximum Gasteiger partial charge on any atom is 0.320 e. The summed E-state index contributed by atoms with van der Waals surface area (Å²) in [5.41, 5.74) is 2.37. The second kappa shape index (κ2) is 9.01. The Bertz CT molecular complexity index is 807. The highest BCUT2D eigenvalue weighted by atomic mass is 79.9. The molecule has 0 aromatic heterocycles. The van der Waals surface area contributed by atoms with Gasteiger partial charge in [0.2, 0.25) is 5.91 Å². The fourth-order valence-corrected chi connectivity index (χ4v) is 3.28. The van der Waals surface area contributed by atoms with Crippen LogP contribution in [-0.2, 0) is 9.53 Å². The zero-order valence-electron chi connectivity index (χ0n) is 15.1. The van der Waals surface area contributed by atoms with Gasteiger partial charge >= 0.3 is 6.03 Å². The number of carbonyl (C=O) groups is 2. The molecule has 1 unspecified atom stereocenters. The summed E-state index contributed by atoms with van der Waals surface area (Å²) in [5, 5.41) is 5.66. The van der Waals surface area contributed by atoms with E-state index in [1.54, 1.807) is 4.90 Å². The number of morpholine rings is 1. The molecule has 3 rings (SSSR count). The summed E-state index contributed by atoms with van der Waals surface area (Å²) in [6.45, 7) is 3.98. The van der Waals surface area contributed by atoms with Crippen molar-refractivity contribution in [2.24, 2.45) is 0 Å². The molecule has 3 amide bonds. The monoisotopic (exact) mass is 431 g/mol. The quantitative estimate of drug-likeness (QED) is 0.778. The van der Waals surface area contributed by atoms with E-state index >= 15 is 0 Å². The first-order valence-corrected chi connectivity index (χ1v) is 9.59. The van der Waals surface area contributed by atoms with Crippen molar-refractivity contribution in [3.63, 3.8) is 0 Å². The maximum absolute atomic E-state index is 13.0. The van der Waals surface area contributed by atoms with E-state index in [0.717, 1.165) is 15.6 Å². The minimum atomic E-state index is -0.753. The number of aryl methyl sites for hydroxylation is 1. The number of benzene rings is 2. The molecule has 0 saturated carbocycles. The Morgan fingerprint density at radius 2 is 1.81 bits per heavy atom. The number of nitrogens with one attached hydrogen (secondary N) is 2. The van der Waals surface area contributed by atoms with Crippen LogP contribution in [0.3, 0.4) is 0 Å². The number of anilines is 1. The molecular formula is C20H22BrN3O3. The van der Waals surface area contributed by atoms with Gasteiger partial charge in [0.05, 0.1) is 13.2 Å². The molecule has 2 aromatic rings. The first-order chi connectivity index (χ1) is 13.0. The lowest BCUT2D eigenvalue weighted by atomic mass is 10.1. The van der Waals surface area contributed by atoms with Gasteiger partial charge in [-0.05, 0) is 30.2 Å². The van der Waals surface area contributed by atoms with Gasteiger partial charge < -0.3 is 20.3 Å². The van der Waals surface area contributed by atoms with Crippen molar-refractivity contribution in [1.29, 1.82) is 0 Å². The minimum Gasteiger partial charge on any atom is -0.378 e. The van der Waals surface area contributed by atoms with Crippen LogP contribution in [0.15, 0.2) is 53.0 Å². The lowest BCUT2D eigenvalue weighted by Gasteiger charge is -2.31. The Morgan fingerprint density at radius 1 is 1.11 bits per heavy atom. The van der Waals surface area contributed by atoms with Crippen molar-refractivity contribution in [1.82, 2.24) is 10.2 Å². The highest BCUT2D eigenvalue weighted by molar-refractivity contribution is 9.10. The Balaban J connectivity index is 1.77. The number of urea groups is 1. The van der Waals surface area contributed by atoms with Gasteiger partial charge in [0.15, 0.2) is 0 Å². The van der Waals surface area contributed by atoms with Crippen LogP contribution in [0.5, 0.6) is 0 Å². The van der Waals surface area contributed by atoms with Gasteiger partial charge in [-0.25, -0.2) is 4.79 Å². The molecule has 2 aromatic carbocycles. The van der Waals surface area contributed by atoms with E-state index in [0.29, 0.717) is 32.0 Å². The third kappa shape index (κ3) is 5.08. The van der Waals surface area contributed by atoms with Crippen molar-refractivity contribution in [2.75, 3.05) is 31.6 Å².